The van der Waals surface area contributed by atoms with Crippen molar-refractivity contribution in [3.8, 4) is 11.5 Å². The van der Waals surface area contributed by atoms with Crippen LogP contribution >= 0.6 is 0 Å². The van der Waals surface area contributed by atoms with Crippen molar-refractivity contribution in [2.24, 2.45) is 5.92 Å². The van der Waals surface area contributed by atoms with Gasteiger partial charge < -0.3 is 14.8 Å². The lowest BCUT2D eigenvalue weighted by atomic mass is 10.0. The molecule has 1 N–H and O–H groups in total. The van der Waals surface area contributed by atoms with Crippen LogP contribution in [0.1, 0.15) is 43.5 Å². The molecule has 0 aromatic heterocycles. The van der Waals surface area contributed by atoms with Gasteiger partial charge in [0, 0.05) is 24.9 Å². The molecule has 1 aliphatic heterocycles. The van der Waals surface area contributed by atoms with E-state index in [9.17, 15) is 9.59 Å². The molecule has 0 aliphatic carbocycles. The number of ketones is 1. The van der Waals surface area contributed by atoms with Crippen LogP contribution in [0.5, 0.6) is 11.5 Å². The van der Waals surface area contributed by atoms with Crippen LogP contribution in [0.25, 0.3) is 0 Å². The van der Waals surface area contributed by atoms with Gasteiger partial charge in [0.15, 0.2) is 17.3 Å². The molecule has 0 spiro atoms. The van der Waals surface area contributed by atoms with Crippen LogP contribution in [-0.2, 0) is 4.79 Å². The first-order chi connectivity index (χ1) is 10.6. The number of Topliss-reactive ketones (excluding diaryl/α,β-unsaturated/α-hetero) is 1. The molecule has 1 heterocycles. The summed E-state index contributed by atoms with van der Waals surface area (Å²) in [6.45, 7) is 5.80. The van der Waals surface area contributed by atoms with E-state index in [1.807, 2.05) is 13.8 Å². The fraction of sp³-hybridized carbons (Fsp3) is 0.529. The summed E-state index contributed by atoms with van der Waals surface area (Å²) < 4.78 is 10.9. The van der Waals surface area contributed by atoms with Crippen LogP contribution in [-0.4, -0.2) is 31.4 Å². The van der Waals surface area contributed by atoms with Gasteiger partial charge in [-0.1, -0.05) is 13.8 Å². The largest absolute Gasteiger partial charge is 0.486 e. The van der Waals surface area contributed by atoms with Gasteiger partial charge in [0.25, 0.3) is 0 Å². The summed E-state index contributed by atoms with van der Waals surface area (Å²) in [6.07, 6.45) is 1.29. The quantitative estimate of drug-likeness (QED) is 0.786. The Morgan fingerprint density at radius 3 is 2.59 bits per heavy atom. The Hall–Kier alpha value is -2.04. The number of fused-ring (bicyclic) bond motifs is 1. The van der Waals surface area contributed by atoms with Gasteiger partial charge in [-0.25, -0.2) is 0 Å². The first-order valence-corrected chi connectivity index (χ1v) is 7.76. The van der Waals surface area contributed by atoms with E-state index < -0.39 is 0 Å². The highest BCUT2D eigenvalue weighted by Crippen LogP contribution is 2.31. The predicted octanol–water partition coefficient (Wildman–Crippen LogP) is 2.58. The minimum atomic E-state index is 0.00340. The molecule has 1 aliphatic rings. The van der Waals surface area contributed by atoms with Crippen LogP contribution in [0.15, 0.2) is 18.2 Å². The van der Waals surface area contributed by atoms with Crippen molar-refractivity contribution in [1.82, 2.24) is 5.32 Å². The molecule has 2 rings (SSSR count). The van der Waals surface area contributed by atoms with E-state index in [2.05, 4.69) is 5.32 Å². The van der Waals surface area contributed by atoms with Gasteiger partial charge in [-0.2, -0.15) is 0 Å². The average molecular weight is 305 g/mol. The van der Waals surface area contributed by atoms with E-state index >= 15 is 0 Å². The number of benzene rings is 1. The van der Waals surface area contributed by atoms with Crippen molar-refractivity contribution in [3.05, 3.63) is 23.8 Å². The highest BCUT2D eigenvalue weighted by molar-refractivity contribution is 5.96. The molecular weight excluding hydrogens is 282 g/mol. The summed E-state index contributed by atoms with van der Waals surface area (Å²) in [5.41, 5.74) is 0.604. The van der Waals surface area contributed by atoms with E-state index in [0.717, 1.165) is 0 Å². The molecule has 0 atom stereocenters. The third-order valence-electron chi connectivity index (χ3n) is 3.38. The summed E-state index contributed by atoms with van der Waals surface area (Å²) in [7, 11) is 0. The van der Waals surface area contributed by atoms with E-state index in [4.69, 9.17) is 9.47 Å². The Bertz CT molecular complexity index is 539. The maximum absolute atomic E-state index is 12.1. The highest BCUT2D eigenvalue weighted by atomic mass is 16.6. The van der Waals surface area contributed by atoms with Gasteiger partial charge in [-0.15, -0.1) is 0 Å². The minimum absolute atomic E-state index is 0.00340. The number of ether oxygens (including phenoxy) is 2. The van der Waals surface area contributed by atoms with Crippen molar-refractivity contribution >= 4 is 11.7 Å². The van der Waals surface area contributed by atoms with Gasteiger partial charge >= 0.3 is 0 Å². The molecule has 0 unspecified atom stereocenters. The first-order valence-electron chi connectivity index (χ1n) is 7.76. The molecule has 1 aromatic carbocycles. The Morgan fingerprint density at radius 2 is 1.86 bits per heavy atom. The number of hydrogen-bond donors (Lipinski definition) is 1. The lowest BCUT2D eigenvalue weighted by Crippen LogP contribution is -2.27. The topological polar surface area (TPSA) is 64.6 Å². The standard InChI is InChI=1S/C17H23NO4/c1-12(2)11-18-17(20)5-3-4-14(19)13-6-7-15-16(10-13)22-9-8-21-15/h6-7,10,12H,3-5,8-9,11H2,1-2H3,(H,18,20). The summed E-state index contributed by atoms with van der Waals surface area (Å²) in [5.74, 6) is 1.75. The van der Waals surface area contributed by atoms with Crippen LogP contribution in [0.2, 0.25) is 0 Å². The summed E-state index contributed by atoms with van der Waals surface area (Å²) in [4.78, 5) is 23.7. The molecule has 0 saturated heterocycles. The molecule has 1 amide bonds. The fourth-order valence-corrected chi connectivity index (χ4v) is 2.18. The molecular formula is C17H23NO4. The monoisotopic (exact) mass is 305 g/mol. The van der Waals surface area contributed by atoms with Crippen molar-refractivity contribution in [3.63, 3.8) is 0 Å². The molecule has 0 fully saturated rings. The van der Waals surface area contributed by atoms with Crippen molar-refractivity contribution in [2.75, 3.05) is 19.8 Å². The van der Waals surface area contributed by atoms with Crippen LogP contribution in [0.4, 0.5) is 0 Å². The van der Waals surface area contributed by atoms with Crippen molar-refractivity contribution in [2.45, 2.75) is 33.1 Å². The summed E-state index contributed by atoms with van der Waals surface area (Å²) >= 11 is 0. The van der Waals surface area contributed by atoms with E-state index in [-0.39, 0.29) is 11.7 Å². The molecule has 5 nitrogen and oxygen atoms in total. The normalized spacial score (nSPS) is 13.0. The van der Waals surface area contributed by atoms with Crippen LogP contribution in [0.3, 0.4) is 0 Å². The number of hydrogen-bond acceptors (Lipinski definition) is 4. The van der Waals surface area contributed by atoms with Gasteiger partial charge in [0.2, 0.25) is 5.91 Å². The fourth-order valence-electron chi connectivity index (χ4n) is 2.18. The zero-order chi connectivity index (χ0) is 15.9. The summed E-state index contributed by atoms with van der Waals surface area (Å²) in [5, 5.41) is 2.85. The molecule has 0 bridgehead atoms. The third kappa shape index (κ3) is 4.76. The lowest BCUT2D eigenvalue weighted by molar-refractivity contribution is -0.121. The maximum Gasteiger partial charge on any atom is 0.220 e. The molecule has 0 saturated carbocycles. The van der Waals surface area contributed by atoms with E-state index in [1.165, 1.54) is 0 Å². The van der Waals surface area contributed by atoms with E-state index in [1.54, 1.807) is 18.2 Å². The molecule has 120 valence electrons. The zero-order valence-electron chi connectivity index (χ0n) is 13.2. The molecule has 0 radical (unpaired) electrons. The average Bonchev–Trinajstić information content (AvgIpc) is 2.52. The number of carbonyl (C=O) groups excluding carboxylic acids is 2. The van der Waals surface area contributed by atoms with Gasteiger partial charge in [0.1, 0.15) is 13.2 Å². The second-order valence-electron chi connectivity index (χ2n) is 5.83. The number of rotatable bonds is 7. The maximum atomic E-state index is 12.1. The Balaban J connectivity index is 1.79. The van der Waals surface area contributed by atoms with Crippen LogP contribution in [0, 0.1) is 5.92 Å². The molecule has 22 heavy (non-hydrogen) atoms. The smallest absolute Gasteiger partial charge is 0.220 e. The van der Waals surface area contributed by atoms with Gasteiger partial charge in [0.05, 0.1) is 0 Å². The molecule has 5 heteroatoms. The molecule has 1 aromatic rings. The highest BCUT2D eigenvalue weighted by Gasteiger charge is 2.15. The Labute approximate surface area is 131 Å². The Morgan fingerprint density at radius 1 is 1.14 bits per heavy atom. The predicted molar refractivity (Wildman–Crippen MR) is 83.5 cm³/mol. The number of carbonyl (C=O) groups is 2. The second-order valence-corrected chi connectivity index (χ2v) is 5.83. The van der Waals surface area contributed by atoms with Crippen molar-refractivity contribution < 1.29 is 19.1 Å². The minimum Gasteiger partial charge on any atom is -0.486 e. The number of amides is 1. The third-order valence-corrected chi connectivity index (χ3v) is 3.38. The van der Waals surface area contributed by atoms with Gasteiger partial charge in [-0.3, -0.25) is 9.59 Å². The van der Waals surface area contributed by atoms with Gasteiger partial charge in [-0.05, 0) is 30.5 Å². The lowest BCUT2D eigenvalue weighted by Gasteiger charge is -2.18. The SMILES string of the molecule is CC(C)CNC(=O)CCCC(=O)c1ccc2c(c1)OCCO2. The van der Waals surface area contributed by atoms with Crippen LogP contribution < -0.4 is 14.8 Å². The second kappa shape index (κ2) is 7.82. The summed E-state index contributed by atoms with van der Waals surface area (Å²) in [6, 6.07) is 5.22. The Kier molecular flexibility index (Phi) is 5.81. The number of nitrogens with one attached hydrogen (secondary N) is 1. The first kappa shape index (κ1) is 16.3. The van der Waals surface area contributed by atoms with E-state index in [0.29, 0.717) is 62.0 Å². The van der Waals surface area contributed by atoms with Crippen molar-refractivity contribution in [1.29, 1.82) is 0 Å². The zero-order valence-corrected chi connectivity index (χ0v) is 13.2.